The maximum Gasteiger partial charge on any atom is 0.294 e. The first kappa shape index (κ1) is 25.1. The predicted molar refractivity (Wildman–Crippen MR) is 119 cm³/mol. The quantitative estimate of drug-likeness (QED) is 0.372. The number of amides is 1. The summed E-state index contributed by atoms with van der Waals surface area (Å²) in [4.78, 5) is 26.9. The first-order valence-electron chi connectivity index (χ1n) is 9.95. The Labute approximate surface area is 195 Å². The van der Waals surface area contributed by atoms with Crippen LogP contribution >= 0.6 is 11.3 Å². The van der Waals surface area contributed by atoms with E-state index in [1.807, 2.05) is 11.6 Å². The van der Waals surface area contributed by atoms with Crippen molar-refractivity contribution in [1.29, 1.82) is 0 Å². The van der Waals surface area contributed by atoms with Crippen molar-refractivity contribution in [3.8, 4) is 0 Å². The minimum Gasteiger partial charge on any atom is -0.310 e. The van der Waals surface area contributed by atoms with Crippen molar-refractivity contribution >= 4 is 37.1 Å². The molecule has 2 N–H and O–H groups in total. The van der Waals surface area contributed by atoms with E-state index in [2.05, 4.69) is 10.2 Å². The van der Waals surface area contributed by atoms with Crippen molar-refractivity contribution in [1.82, 2.24) is 10.0 Å². The highest BCUT2D eigenvalue weighted by Gasteiger charge is 2.39. The van der Waals surface area contributed by atoms with Gasteiger partial charge in [0.15, 0.2) is 9.84 Å². The molecule has 0 bridgehead atoms. The topological polar surface area (TPSA) is 162 Å². The van der Waals surface area contributed by atoms with Crippen LogP contribution in [0.3, 0.4) is 0 Å². The molecule has 0 saturated heterocycles. The van der Waals surface area contributed by atoms with E-state index in [1.54, 1.807) is 6.92 Å². The molecule has 0 radical (unpaired) electrons. The van der Waals surface area contributed by atoms with E-state index in [1.165, 1.54) is 30.3 Å². The summed E-state index contributed by atoms with van der Waals surface area (Å²) in [5, 5.41) is 11.8. The van der Waals surface area contributed by atoms with Gasteiger partial charge in [0.2, 0.25) is 5.91 Å². The number of nitrogens with zero attached hydrogens (tertiary/aromatic N) is 1. The smallest absolute Gasteiger partial charge is 0.294 e. The van der Waals surface area contributed by atoms with E-state index in [4.69, 9.17) is 0 Å². The lowest BCUT2D eigenvalue weighted by Gasteiger charge is -2.27. The number of sulfonamides is 1. The molecule has 0 spiro atoms. The van der Waals surface area contributed by atoms with Gasteiger partial charge < -0.3 is 10.2 Å². The van der Waals surface area contributed by atoms with Crippen molar-refractivity contribution in [2.24, 2.45) is 0 Å². The standard InChI is InChI=1S/C19H23N3O8S3/c1-3-20-16-8-12(2)32(26,27)19-15(16)10-18(31-19)33(28,29)21-17(23)9-13-4-6-14(7-5-13)11-30-22(24)25/h4-7,10,12,16,20H,3,8-9,11H2,1-2H3,(H,21,23)/t12?,16-/m0/s1. The van der Waals surface area contributed by atoms with Gasteiger partial charge in [-0.25, -0.2) is 21.6 Å². The number of rotatable bonds is 9. The number of hydrogen-bond donors (Lipinski definition) is 2. The molecule has 1 unspecified atom stereocenters. The average molecular weight is 518 g/mol. The van der Waals surface area contributed by atoms with Gasteiger partial charge in [-0.1, -0.05) is 31.2 Å². The van der Waals surface area contributed by atoms with Crippen LogP contribution in [-0.4, -0.2) is 39.6 Å². The van der Waals surface area contributed by atoms with Gasteiger partial charge in [-0.2, -0.15) is 0 Å². The molecule has 11 nitrogen and oxygen atoms in total. The van der Waals surface area contributed by atoms with Gasteiger partial charge in [0.25, 0.3) is 15.1 Å². The first-order chi connectivity index (χ1) is 15.4. The van der Waals surface area contributed by atoms with Gasteiger partial charge in [-0.05, 0) is 37.1 Å². The summed E-state index contributed by atoms with van der Waals surface area (Å²) < 4.78 is 52.8. The molecule has 1 aliphatic heterocycles. The molecule has 14 heteroatoms. The fourth-order valence-corrected chi connectivity index (χ4v) is 8.46. The highest BCUT2D eigenvalue weighted by atomic mass is 32.3. The lowest BCUT2D eigenvalue weighted by molar-refractivity contribution is -0.763. The van der Waals surface area contributed by atoms with Crippen molar-refractivity contribution in [2.45, 2.75) is 53.0 Å². The van der Waals surface area contributed by atoms with E-state index < -0.39 is 36.1 Å². The highest BCUT2D eigenvalue weighted by Crippen LogP contribution is 2.42. The van der Waals surface area contributed by atoms with Crippen LogP contribution < -0.4 is 10.0 Å². The van der Waals surface area contributed by atoms with E-state index in [0.717, 1.165) is 0 Å². The van der Waals surface area contributed by atoms with E-state index in [-0.39, 0.29) is 27.5 Å². The number of benzene rings is 1. The molecule has 2 atom stereocenters. The third-order valence-corrected chi connectivity index (χ3v) is 10.9. The van der Waals surface area contributed by atoms with Crippen LogP contribution in [0.1, 0.15) is 43.0 Å². The van der Waals surface area contributed by atoms with Gasteiger partial charge >= 0.3 is 0 Å². The maximum absolute atomic E-state index is 12.8. The summed E-state index contributed by atoms with van der Waals surface area (Å²) in [7, 11) is -7.93. The lowest BCUT2D eigenvalue weighted by atomic mass is 10.1. The molecule has 0 saturated carbocycles. The number of carbonyl (C=O) groups is 1. The van der Waals surface area contributed by atoms with Gasteiger partial charge in [-0.15, -0.1) is 21.5 Å². The fraction of sp³-hybridized carbons (Fsp3) is 0.421. The molecule has 33 heavy (non-hydrogen) atoms. The normalized spacial score (nSPS) is 19.5. The third-order valence-electron chi connectivity index (χ3n) is 5.12. The number of hydrogen-bond acceptors (Lipinski definition) is 10. The van der Waals surface area contributed by atoms with Crippen LogP contribution in [0.5, 0.6) is 0 Å². The Bertz CT molecular complexity index is 1250. The minimum atomic E-state index is -4.27. The van der Waals surface area contributed by atoms with Crippen LogP contribution in [0, 0.1) is 10.1 Å². The zero-order chi connectivity index (χ0) is 24.4. The molecular weight excluding hydrogens is 494 g/mol. The van der Waals surface area contributed by atoms with Gasteiger partial charge in [-0.3, -0.25) is 4.79 Å². The van der Waals surface area contributed by atoms with Crippen molar-refractivity contribution in [3.05, 3.63) is 57.1 Å². The number of carbonyl (C=O) groups excluding carboxylic acids is 1. The second-order valence-corrected chi connectivity index (χ2v) is 13.1. The average Bonchev–Trinajstić information content (AvgIpc) is 3.19. The monoisotopic (exact) mass is 517 g/mol. The summed E-state index contributed by atoms with van der Waals surface area (Å²) in [6.45, 7) is 3.81. The molecular formula is C19H23N3O8S3. The van der Waals surface area contributed by atoms with Crippen LogP contribution in [0.25, 0.3) is 0 Å². The molecule has 2 aromatic rings. The second kappa shape index (κ2) is 9.75. The Hall–Kier alpha value is -2.55. The molecule has 1 aliphatic rings. The van der Waals surface area contributed by atoms with Crippen LogP contribution in [0.15, 0.2) is 38.8 Å². The number of thiophene rings is 1. The summed E-state index contributed by atoms with van der Waals surface area (Å²) in [6, 6.07) is 7.14. The Morgan fingerprint density at radius 2 is 1.91 bits per heavy atom. The Morgan fingerprint density at radius 3 is 2.52 bits per heavy atom. The van der Waals surface area contributed by atoms with Crippen LogP contribution in [-0.2, 0) is 42.5 Å². The minimum absolute atomic E-state index is 0.00700. The van der Waals surface area contributed by atoms with Crippen molar-refractivity contribution in [2.75, 3.05) is 6.54 Å². The molecule has 2 heterocycles. The zero-order valence-corrected chi connectivity index (χ0v) is 20.3. The molecule has 1 aromatic heterocycles. The summed E-state index contributed by atoms with van der Waals surface area (Å²) in [5.74, 6) is -0.796. The maximum atomic E-state index is 12.8. The summed E-state index contributed by atoms with van der Waals surface area (Å²) >= 11 is 0.641. The van der Waals surface area contributed by atoms with Crippen molar-refractivity contribution < 1.29 is 31.6 Å². The lowest BCUT2D eigenvalue weighted by Crippen LogP contribution is -2.33. The third kappa shape index (κ3) is 5.69. The Kier molecular flexibility index (Phi) is 7.41. The first-order valence-corrected chi connectivity index (χ1v) is 13.8. The highest BCUT2D eigenvalue weighted by molar-refractivity contribution is 7.95. The molecule has 3 rings (SSSR count). The number of fused-ring (bicyclic) bond motifs is 1. The van der Waals surface area contributed by atoms with Crippen molar-refractivity contribution in [3.63, 3.8) is 0 Å². The molecule has 0 aliphatic carbocycles. The summed E-state index contributed by atoms with van der Waals surface area (Å²) in [5.41, 5.74) is 1.40. The van der Waals surface area contributed by atoms with Gasteiger partial charge in [0.1, 0.15) is 15.0 Å². The fourth-order valence-electron chi connectivity index (χ4n) is 3.47. The number of nitrogens with one attached hydrogen (secondary N) is 2. The van der Waals surface area contributed by atoms with Gasteiger partial charge in [0.05, 0.1) is 11.7 Å². The van der Waals surface area contributed by atoms with E-state index in [9.17, 15) is 31.7 Å². The predicted octanol–water partition coefficient (Wildman–Crippen LogP) is 1.72. The SMILES string of the molecule is CCN[C@H]1CC(C)S(=O)(=O)c2sc(S(=O)(=O)NC(=O)Cc3ccc(CO[N+](=O)[O-])cc3)cc21. The molecule has 180 valence electrons. The van der Waals surface area contributed by atoms with E-state index in [0.29, 0.717) is 41.0 Å². The number of sulfone groups is 1. The molecule has 1 amide bonds. The Morgan fingerprint density at radius 1 is 1.27 bits per heavy atom. The van der Waals surface area contributed by atoms with Crippen LogP contribution in [0.4, 0.5) is 0 Å². The summed E-state index contributed by atoms with van der Waals surface area (Å²) in [6.07, 6.45) is 0.0739. The molecule has 0 fully saturated rings. The zero-order valence-electron chi connectivity index (χ0n) is 17.8. The second-order valence-electron chi connectivity index (χ2n) is 7.53. The van der Waals surface area contributed by atoms with Crippen LogP contribution in [0.2, 0.25) is 0 Å². The largest absolute Gasteiger partial charge is 0.310 e. The van der Waals surface area contributed by atoms with Gasteiger partial charge in [0, 0.05) is 11.6 Å². The van der Waals surface area contributed by atoms with E-state index >= 15 is 0 Å². The molecule has 1 aromatic carbocycles. The Balaban J connectivity index is 1.75.